The lowest BCUT2D eigenvalue weighted by Crippen LogP contribution is -2.41. The summed E-state index contributed by atoms with van der Waals surface area (Å²) in [6.45, 7) is 7.05. The van der Waals surface area contributed by atoms with Crippen molar-refractivity contribution < 1.29 is 4.79 Å². The Morgan fingerprint density at radius 1 is 1.33 bits per heavy atom. The summed E-state index contributed by atoms with van der Waals surface area (Å²) in [4.78, 5) is 35.2. The maximum absolute atomic E-state index is 12.0. The van der Waals surface area contributed by atoms with E-state index >= 15 is 0 Å². The Morgan fingerprint density at radius 2 is 2.04 bits per heavy atom. The van der Waals surface area contributed by atoms with Crippen LogP contribution in [0.5, 0.6) is 0 Å². The number of carbonyl (C=O) groups excluding carboxylic acids is 1. The molecule has 0 aliphatic heterocycles. The quantitative estimate of drug-likeness (QED) is 0.793. The normalized spacial score (nSPS) is 12.2. The van der Waals surface area contributed by atoms with Crippen LogP contribution in [0.25, 0.3) is 0 Å². The molecule has 0 unspecified atom stereocenters. The highest BCUT2D eigenvalue weighted by Crippen LogP contribution is 2.05. The van der Waals surface area contributed by atoms with Crippen LogP contribution < -0.4 is 16.6 Å². The van der Waals surface area contributed by atoms with Gasteiger partial charge in [-0.1, -0.05) is 6.92 Å². The van der Waals surface area contributed by atoms with Crippen LogP contribution in [-0.2, 0) is 24.9 Å². The van der Waals surface area contributed by atoms with Crippen LogP contribution >= 0.6 is 0 Å². The molecule has 24 heavy (non-hydrogen) atoms. The van der Waals surface area contributed by atoms with Crippen LogP contribution in [-0.4, -0.2) is 31.4 Å². The lowest BCUT2D eigenvalue weighted by atomic mass is 10.2. The minimum atomic E-state index is -0.506. The summed E-state index contributed by atoms with van der Waals surface area (Å²) in [6, 6.07) is 3.28. The standard InChI is InChI=1S/C16H23N5O3/c1-11(9-21-13(3)7-12(2)18-21)8-17-14(22)10-20-6-5-15(23)19(4)16(20)24/h5-7,11H,8-10H2,1-4H3,(H,17,22)/t11-/m0/s1. The highest BCUT2D eigenvalue weighted by molar-refractivity contribution is 5.75. The predicted octanol–water partition coefficient (Wildman–Crippen LogP) is -0.187. The molecule has 1 amide bonds. The Morgan fingerprint density at radius 3 is 2.67 bits per heavy atom. The van der Waals surface area contributed by atoms with Crippen molar-refractivity contribution in [1.82, 2.24) is 24.2 Å². The highest BCUT2D eigenvalue weighted by atomic mass is 16.2. The second kappa shape index (κ2) is 7.29. The molecule has 1 atom stereocenters. The molecule has 0 aliphatic rings. The van der Waals surface area contributed by atoms with E-state index in [4.69, 9.17) is 0 Å². The van der Waals surface area contributed by atoms with Gasteiger partial charge in [-0.2, -0.15) is 5.10 Å². The molecule has 0 aliphatic carbocycles. The van der Waals surface area contributed by atoms with Crippen molar-refractivity contribution in [2.75, 3.05) is 6.54 Å². The molecule has 0 aromatic carbocycles. The van der Waals surface area contributed by atoms with E-state index in [-0.39, 0.29) is 18.4 Å². The van der Waals surface area contributed by atoms with Crippen LogP contribution in [0.3, 0.4) is 0 Å². The Kier molecular flexibility index (Phi) is 5.38. The minimum absolute atomic E-state index is 0.112. The Hall–Kier alpha value is -2.64. The van der Waals surface area contributed by atoms with E-state index in [1.807, 2.05) is 31.5 Å². The molecule has 1 N–H and O–H groups in total. The zero-order chi connectivity index (χ0) is 17.9. The maximum Gasteiger partial charge on any atom is 0.331 e. The zero-order valence-corrected chi connectivity index (χ0v) is 14.4. The molecule has 0 fully saturated rings. The molecule has 8 heteroatoms. The van der Waals surface area contributed by atoms with Crippen molar-refractivity contribution in [2.45, 2.75) is 33.9 Å². The van der Waals surface area contributed by atoms with E-state index < -0.39 is 11.2 Å². The lowest BCUT2D eigenvalue weighted by molar-refractivity contribution is -0.121. The summed E-state index contributed by atoms with van der Waals surface area (Å²) < 4.78 is 4.10. The average molecular weight is 333 g/mol. The van der Waals surface area contributed by atoms with E-state index in [9.17, 15) is 14.4 Å². The molecule has 130 valence electrons. The van der Waals surface area contributed by atoms with Gasteiger partial charge in [-0.25, -0.2) is 4.79 Å². The predicted molar refractivity (Wildman–Crippen MR) is 89.8 cm³/mol. The number of hydrogen-bond acceptors (Lipinski definition) is 4. The van der Waals surface area contributed by atoms with E-state index in [2.05, 4.69) is 10.4 Å². The summed E-state index contributed by atoms with van der Waals surface area (Å²) in [5.41, 5.74) is 1.16. The van der Waals surface area contributed by atoms with Crippen molar-refractivity contribution in [2.24, 2.45) is 13.0 Å². The summed E-state index contributed by atoms with van der Waals surface area (Å²) >= 11 is 0. The third-order valence-electron chi connectivity index (χ3n) is 3.81. The first-order chi connectivity index (χ1) is 11.3. The first-order valence-corrected chi connectivity index (χ1v) is 7.82. The van der Waals surface area contributed by atoms with Gasteiger partial charge < -0.3 is 5.32 Å². The fourth-order valence-corrected chi connectivity index (χ4v) is 2.45. The fourth-order valence-electron chi connectivity index (χ4n) is 2.45. The molecule has 2 aromatic heterocycles. The Balaban J connectivity index is 1.89. The monoisotopic (exact) mass is 333 g/mol. The fraction of sp³-hybridized carbons (Fsp3) is 0.500. The van der Waals surface area contributed by atoms with E-state index in [0.717, 1.165) is 16.0 Å². The highest BCUT2D eigenvalue weighted by Gasteiger charge is 2.10. The van der Waals surface area contributed by atoms with Crippen molar-refractivity contribution in [3.8, 4) is 0 Å². The van der Waals surface area contributed by atoms with Gasteiger partial charge in [0.25, 0.3) is 5.56 Å². The lowest BCUT2D eigenvalue weighted by Gasteiger charge is -2.14. The molecule has 2 rings (SSSR count). The Labute approximate surface area is 139 Å². The van der Waals surface area contributed by atoms with E-state index in [1.54, 1.807) is 0 Å². The van der Waals surface area contributed by atoms with Crippen LogP contribution in [0.4, 0.5) is 0 Å². The minimum Gasteiger partial charge on any atom is -0.354 e. The topological polar surface area (TPSA) is 90.9 Å². The van der Waals surface area contributed by atoms with E-state index in [1.165, 1.54) is 23.9 Å². The molecule has 2 heterocycles. The first-order valence-electron chi connectivity index (χ1n) is 7.82. The van der Waals surface area contributed by atoms with Gasteiger partial charge in [0.1, 0.15) is 6.54 Å². The maximum atomic E-state index is 12.0. The van der Waals surface area contributed by atoms with Gasteiger partial charge in [0, 0.05) is 38.1 Å². The first kappa shape index (κ1) is 17.7. The van der Waals surface area contributed by atoms with Gasteiger partial charge in [0.2, 0.25) is 5.91 Å². The molecular weight excluding hydrogens is 310 g/mol. The van der Waals surface area contributed by atoms with Crippen molar-refractivity contribution in [3.63, 3.8) is 0 Å². The molecule has 2 aromatic rings. The molecule has 0 bridgehead atoms. The zero-order valence-electron chi connectivity index (χ0n) is 14.4. The molecule has 8 nitrogen and oxygen atoms in total. The number of rotatable bonds is 6. The van der Waals surface area contributed by atoms with Gasteiger partial charge in [0.15, 0.2) is 0 Å². The van der Waals surface area contributed by atoms with Crippen LogP contribution in [0.2, 0.25) is 0 Å². The smallest absolute Gasteiger partial charge is 0.331 e. The van der Waals surface area contributed by atoms with Gasteiger partial charge in [-0.05, 0) is 25.8 Å². The summed E-state index contributed by atoms with van der Waals surface area (Å²) in [7, 11) is 1.38. The summed E-state index contributed by atoms with van der Waals surface area (Å²) in [5, 5.41) is 7.21. The number of aryl methyl sites for hydroxylation is 2. The second-order valence-corrected chi connectivity index (χ2v) is 6.14. The molecule has 0 radical (unpaired) electrons. The van der Waals surface area contributed by atoms with Gasteiger partial charge in [0.05, 0.1) is 5.69 Å². The second-order valence-electron chi connectivity index (χ2n) is 6.14. The van der Waals surface area contributed by atoms with Crippen molar-refractivity contribution in [3.05, 3.63) is 50.6 Å². The molecule has 0 saturated carbocycles. The third kappa shape index (κ3) is 4.21. The van der Waals surface area contributed by atoms with Gasteiger partial charge >= 0.3 is 5.69 Å². The van der Waals surface area contributed by atoms with E-state index in [0.29, 0.717) is 13.1 Å². The molecule has 0 spiro atoms. The molecular formula is C16H23N5O3. The van der Waals surface area contributed by atoms with Crippen molar-refractivity contribution in [1.29, 1.82) is 0 Å². The number of nitrogens with zero attached hydrogens (tertiary/aromatic N) is 4. The Bertz CT molecular complexity index is 846. The third-order valence-corrected chi connectivity index (χ3v) is 3.81. The summed E-state index contributed by atoms with van der Waals surface area (Å²) in [6.07, 6.45) is 1.34. The SMILES string of the molecule is Cc1cc(C)n(C[C@@H](C)CNC(=O)Cn2ccc(=O)n(C)c2=O)n1. The van der Waals surface area contributed by atoms with Gasteiger partial charge in [-0.15, -0.1) is 0 Å². The number of amides is 1. The van der Waals surface area contributed by atoms with Crippen LogP contribution in [0, 0.1) is 19.8 Å². The summed E-state index contributed by atoms with van der Waals surface area (Å²) in [5.74, 6) is -0.0697. The van der Waals surface area contributed by atoms with Crippen LogP contribution in [0.1, 0.15) is 18.3 Å². The number of aromatic nitrogens is 4. The van der Waals surface area contributed by atoms with Crippen LogP contribution in [0.15, 0.2) is 27.9 Å². The van der Waals surface area contributed by atoms with Crippen molar-refractivity contribution >= 4 is 5.91 Å². The number of nitrogens with one attached hydrogen (secondary N) is 1. The average Bonchev–Trinajstić information content (AvgIpc) is 2.83. The largest absolute Gasteiger partial charge is 0.354 e. The number of carbonyl (C=O) groups is 1. The number of hydrogen-bond donors (Lipinski definition) is 1. The van der Waals surface area contributed by atoms with Gasteiger partial charge in [-0.3, -0.25) is 23.4 Å². The molecule has 0 saturated heterocycles.